The second kappa shape index (κ2) is 8.59. The molecule has 0 amide bonds. The van der Waals surface area contributed by atoms with Gasteiger partial charge >= 0.3 is 5.97 Å². The lowest BCUT2D eigenvalue weighted by molar-refractivity contribution is -0.140. The summed E-state index contributed by atoms with van der Waals surface area (Å²) in [6.45, 7) is 3.07. The molecule has 0 aromatic heterocycles. The molecule has 0 aliphatic rings. The van der Waals surface area contributed by atoms with Gasteiger partial charge in [0.1, 0.15) is 5.75 Å². The highest BCUT2D eigenvalue weighted by Crippen LogP contribution is 2.20. The molecule has 0 aliphatic carbocycles. The van der Waals surface area contributed by atoms with E-state index in [1.807, 2.05) is 18.2 Å². The average Bonchev–Trinajstić information content (AvgIpc) is 2.47. The first-order valence-corrected chi connectivity index (χ1v) is 6.97. The van der Waals surface area contributed by atoms with E-state index in [0.29, 0.717) is 12.5 Å². The zero-order valence-electron chi connectivity index (χ0n) is 12.9. The molecule has 4 heteroatoms. The SMILES string of the molecule is COC(=O)CCCN(C)C(C)Cc1ccccc1OC. The van der Waals surface area contributed by atoms with Gasteiger partial charge in [-0.2, -0.15) is 0 Å². The van der Waals surface area contributed by atoms with Crippen molar-refractivity contribution in [1.82, 2.24) is 4.90 Å². The van der Waals surface area contributed by atoms with Gasteiger partial charge in [-0.25, -0.2) is 0 Å². The van der Waals surface area contributed by atoms with Gasteiger partial charge in [-0.15, -0.1) is 0 Å². The van der Waals surface area contributed by atoms with Crippen LogP contribution in [0.4, 0.5) is 0 Å². The summed E-state index contributed by atoms with van der Waals surface area (Å²) in [4.78, 5) is 13.3. The number of ether oxygens (including phenoxy) is 2. The Balaban J connectivity index is 2.45. The Bertz CT molecular complexity index is 420. The van der Waals surface area contributed by atoms with Gasteiger partial charge < -0.3 is 14.4 Å². The van der Waals surface area contributed by atoms with Crippen LogP contribution in [0.25, 0.3) is 0 Å². The molecule has 1 rings (SSSR count). The van der Waals surface area contributed by atoms with Crippen LogP contribution in [-0.2, 0) is 16.0 Å². The summed E-state index contributed by atoms with van der Waals surface area (Å²) < 4.78 is 10.0. The van der Waals surface area contributed by atoms with Crippen LogP contribution in [0.1, 0.15) is 25.3 Å². The summed E-state index contributed by atoms with van der Waals surface area (Å²) in [6, 6.07) is 8.48. The summed E-state index contributed by atoms with van der Waals surface area (Å²) in [5.74, 6) is 0.790. The third kappa shape index (κ3) is 5.21. The standard InChI is InChI=1S/C16H25NO3/c1-13(17(2)11-7-10-16(18)20-4)12-14-8-5-6-9-15(14)19-3/h5-6,8-9,13H,7,10-12H2,1-4H3. The van der Waals surface area contributed by atoms with Crippen LogP contribution in [-0.4, -0.2) is 44.7 Å². The average molecular weight is 279 g/mol. The summed E-state index contributed by atoms with van der Waals surface area (Å²) in [6.07, 6.45) is 2.22. The Hall–Kier alpha value is -1.55. The minimum absolute atomic E-state index is 0.143. The Labute approximate surface area is 121 Å². The van der Waals surface area contributed by atoms with Gasteiger partial charge in [-0.3, -0.25) is 4.79 Å². The number of carbonyl (C=O) groups excluding carboxylic acids is 1. The first kappa shape index (κ1) is 16.5. The lowest BCUT2D eigenvalue weighted by Gasteiger charge is -2.25. The van der Waals surface area contributed by atoms with Crippen molar-refractivity contribution in [3.8, 4) is 5.75 Å². The molecule has 0 aliphatic heterocycles. The van der Waals surface area contributed by atoms with Crippen LogP contribution >= 0.6 is 0 Å². The number of benzene rings is 1. The fourth-order valence-electron chi connectivity index (χ4n) is 2.14. The number of methoxy groups -OCH3 is 2. The molecule has 1 aromatic carbocycles. The first-order chi connectivity index (χ1) is 9.58. The Kier molecular flexibility index (Phi) is 7.09. The molecule has 4 nitrogen and oxygen atoms in total. The Morgan fingerprint density at radius 1 is 1.30 bits per heavy atom. The highest BCUT2D eigenvalue weighted by molar-refractivity contribution is 5.69. The quantitative estimate of drug-likeness (QED) is 0.685. The number of carbonyl (C=O) groups is 1. The summed E-state index contributed by atoms with van der Waals surface area (Å²) in [7, 11) is 5.21. The maximum absolute atomic E-state index is 11.1. The van der Waals surface area contributed by atoms with Crippen molar-refractivity contribution in [1.29, 1.82) is 0 Å². The molecule has 0 N–H and O–H groups in total. The molecular weight excluding hydrogens is 254 g/mol. The van der Waals surface area contributed by atoms with Crippen LogP contribution < -0.4 is 4.74 Å². The van der Waals surface area contributed by atoms with Crippen LogP contribution in [0.5, 0.6) is 5.75 Å². The third-order valence-corrected chi connectivity index (χ3v) is 3.58. The molecule has 1 unspecified atom stereocenters. The molecule has 0 saturated carbocycles. The van der Waals surface area contributed by atoms with Crippen LogP contribution in [0, 0.1) is 0 Å². The van der Waals surface area contributed by atoms with E-state index in [0.717, 1.165) is 25.1 Å². The fourth-order valence-corrected chi connectivity index (χ4v) is 2.14. The van der Waals surface area contributed by atoms with Gasteiger partial charge in [-0.1, -0.05) is 18.2 Å². The van der Waals surface area contributed by atoms with Gasteiger partial charge in [0.2, 0.25) is 0 Å². The third-order valence-electron chi connectivity index (χ3n) is 3.58. The van der Waals surface area contributed by atoms with Gasteiger partial charge in [0.25, 0.3) is 0 Å². The largest absolute Gasteiger partial charge is 0.496 e. The van der Waals surface area contributed by atoms with Crippen LogP contribution in [0.15, 0.2) is 24.3 Å². The summed E-state index contributed by atoms with van der Waals surface area (Å²) >= 11 is 0. The van der Waals surface area contributed by atoms with E-state index in [1.165, 1.54) is 12.7 Å². The first-order valence-electron chi connectivity index (χ1n) is 6.97. The maximum atomic E-state index is 11.1. The summed E-state index contributed by atoms with van der Waals surface area (Å²) in [5, 5.41) is 0. The highest BCUT2D eigenvalue weighted by Gasteiger charge is 2.13. The molecule has 112 valence electrons. The molecule has 0 heterocycles. The molecule has 20 heavy (non-hydrogen) atoms. The normalized spacial score (nSPS) is 12.2. The highest BCUT2D eigenvalue weighted by atomic mass is 16.5. The van der Waals surface area contributed by atoms with E-state index >= 15 is 0 Å². The number of nitrogens with zero attached hydrogens (tertiary/aromatic N) is 1. The molecule has 0 fully saturated rings. The number of rotatable bonds is 8. The number of hydrogen-bond acceptors (Lipinski definition) is 4. The van der Waals surface area contributed by atoms with Gasteiger partial charge in [0.05, 0.1) is 14.2 Å². The minimum Gasteiger partial charge on any atom is -0.496 e. The number of para-hydroxylation sites is 1. The lowest BCUT2D eigenvalue weighted by Crippen LogP contribution is -2.32. The van der Waals surface area contributed by atoms with Crippen molar-refractivity contribution in [3.05, 3.63) is 29.8 Å². The molecular formula is C16H25NO3. The number of likely N-dealkylation sites (N-methyl/N-ethyl adjacent to an activating group) is 1. The van der Waals surface area contributed by atoms with Crippen LogP contribution in [0.2, 0.25) is 0 Å². The topological polar surface area (TPSA) is 38.8 Å². The number of esters is 1. The van der Waals surface area contributed by atoms with Crippen molar-refractivity contribution < 1.29 is 14.3 Å². The van der Waals surface area contributed by atoms with Gasteiger partial charge in [0, 0.05) is 12.5 Å². The summed E-state index contributed by atoms with van der Waals surface area (Å²) in [5.41, 5.74) is 1.21. The zero-order chi connectivity index (χ0) is 15.0. The van der Waals surface area contributed by atoms with Gasteiger partial charge in [0.15, 0.2) is 0 Å². The fraction of sp³-hybridized carbons (Fsp3) is 0.562. The molecule has 0 radical (unpaired) electrons. The second-order valence-corrected chi connectivity index (χ2v) is 5.03. The van der Waals surface area contributed by atoms with Gasteiger partial charge in [-0.05, 0) is 45.0 Å². The molecule has 1 aromatic rings. The number of hydrogen-bond donors (Lipinski definition) is 0. The lowest BCUT2D eigenvalue weighted by atomic mass is 10.0. The van der Waals surface area contributed by atoms with Crippen LogP contribution in [0.3, 0.4) is 0 Å². The van der Waals surface area contributed by atoms with Crippen molar-refractivity contribution in [2.24, 2.45) is 0 Å². The van der Waals surface area contributed by atoms with E-state index in [9.17, 15) is 4.79 Å². The molecule has 1 atom stereocenters. The van der Waals surface area contributed by atoms with Crippen molar-refractivity contribution in [3.63, 3.8) is 0 Å². The monoisotopic (exact) mass is 279 g/mol. The second-order valence-electron chi connectivity index (χ2n) is 5.03. The molecule has 0 bridgehead atoms. The molecule has 0 spiro atoms. The Morgan fingerprint density at radius 2 is 2.00 bits per heavy atom. The predicted molar refractivity (Wildman–Crippen MR) is 80.0 cm³/mol. The van der Waals surface area contributed by atoms with E-state index in [2.05, 4.69) is 29.7 Å². The smallest absolute Gasteiger partial charge is 0.305 e. The van der Waals surface area contributed by atoms with E-state index < -0.39 is 0 Å². The maximum Gasteiger partial charge on any atom is 0.305 e. The van der Waals surface area contributed by atoms with E-state index in [4.69, 9.17) is 4.74 Å². The minimum atomic E-state index is -0.143. The van der Waals surface area contributed by atoms with E-state index in [-0.39, 0.29) is 5.97 Å². The molecule has 0 saturated heterocycles. The van der Waals surface area contributed by atoms with Crippen molar-refractivity contribution in [2.75, 3.05) is 27.8 Å². The Morgan fingerprint density at radius 3 is 2.65 bits per heavy atom. The van der Waals surface area contributed by atoms with Crippen molar-refractivity contribution >= 4 is 5.97 Å². The zero-order valence-corrected chi connectivity index (χ0v) is 12.9. The predicted octanol–water partition coefficient (Wildman–Crippen LogP) is 2.51. The van der Waals surface area contributed by atoms with Crippen molar-refractivity contribution in [2.45, 2.75) is 32.2 Å². The van der Waals surface area contributed by atoms with E-state index in [1.54, 1.807) is 7.11 Å².